The first kappa shape index (κ1) is 24.8. The van der Waals surface area contributed by atoms with Crippen LogP contribution in [0.1, 0.15) is 46.0 Å². The van der Waals surface area contributed by atoms with E-state index in [1.807, 2.05) is 80.8 Å². The van der Waals surface area contributed by atoms with Gasteiger partial charge in [-0.1, -0.05) is 36.3 Å². The Morgan fingerprint density at radius 3 is 2.58 bits per heavy atom. The van der Waals surface area contributed by atoms with Gasteiger partial charge in [0, 0.05) is 42.6 Å². The summed E-state index contributed by atoms with van der Waals surface area (Å²) in [6.07, 6.45) is 5.20. The third kappa shape index (κ3) is 4.41. The summed E-state index contributed by atoms with van der Waals surface area (Å²) in [6.45, 7) is 3.63. The molecule has 9 heteroatoms. The molecule has 1 amide bonds. The summed E-state index contributed by atoms with van der Waals surface area (Å²) >= 11 is 0. The van der Waals surface area contributed by atoms with Crippen LogP contribution in [-0.4, -0.2) is 34.9 Å². The molecule has 6 rings (SSSR count). The van der Waals surface area contributed by atoms with Crippen molar-refractivity contribution in [1.29, 1.82) is 0 Å². The molecule has 9 nitrogen and oxygen atoms in total. The molecule has 0 unspecified atom stereocenters. The maximum absolute atomic E-state index is 14.2. The number of hydrogen-bond donors (Lipinski definition) is 1. The van der Waals surface area contributed by atoms with E-state index < -0.39 is 6.04 Å². The average molecular weight is 528 g/mol. The van der Waals surface area contributed by atoms with E-state index in [-0.39, 0.29) is 11.5 Å². The first-order chi connectivity index (χ1) is 19.4. The number of nitrogens with zero attached hydrogens (tertiary/aromatic N) is 6. The summed E-state index contributed by atoms with van der Waals surface area (Å²) in [6, 6.07) is 20.0. The number of hydrogen-bond acceptors (Lipinski definition) is 5. The highest BCUT2D eigenvalue weighted by atomic mass is 16.2. The molecule has 0 saturated heterocycles. The zero-order chi connectivity index (χ0) is 27.8. The number of nitrogens with one attached hydrogen (secondary N) is 1. The molecule has 1 atom stereocenters. The van der Waals surface area contributed by atoms with E-state index in [1.54, 1.807) is 39.1 Å². The molecule has 1 N–H and O–H groups in total. The van der Waals surface area contributed by atoms with Gasteiger partial charge < -0.3 is 5.32 Å². The fraction of sp³-hybridized carbons (Fsp3) is 0.129. The summed E-state index contributed by atoms with van der Waals surface area (Å²) in [7, 11) is 1.83. The van der Waals surface area contributed by atoms with Crippen molar-refractivity contribution in [1.82, 2.24) is 34.3 Å². The van der Waals surface area contributed by atoms with Crippen molar-refractivity contribution < 1.29 is 4.79 Å². The van der Waals surface area contributed by atoms with Gasteiger partial charge in [0.25, 0.3) is 11.5 Å². The standard InChI is InChI=1S/C31H25N7O2/c1-20(33-30(39)27-21(2)34-37-17-8-16-32-29(27)37)26-19-23-10-7-9-22(13-14-24-15-18-36(3)35-24)28(23)31(40)38(26)25-11-5-4-6-12-25/h4-12,15-20H,1-3H3,(H,33,39)/t20-/m1/s1. The quantitative estimate of drug-likeness (QED) is 0.350. The van der Waals surface area contributed by atoms with Gasteiger partial charge in [-0.05, 0) is 61.6 Å². The first-order valence-corrected chi connectivity index (χ1v) is 12.8. The number of rotatable bonds is 4. The molecule has 0 radical (unpaired) electrons. The Morgan fingerprint density at radius 2 is 1.80 bits per heavy atom. The minimum absolute atomic E-state index is 0.223. The number of carbonyl (C=O) groups is 1. The van der Waals surface area contributed by atoms with E-state index >= 15 is 0 Å². The Balaban J connectivity index is 1.48. The molecule has 0 aliphatic heterocycles. The van der Waals surface area contributed by atoms with Gasteiger partial charge in [0.2, 0.25) is 0 Å². The van der Waals surface area contributed by atoms with Crippen LogP contribution in [0.5, 0.6) is 0 Å². The number of carbonyl (C=O) groups excluding carboxylic acids is 1. The number of aryl methyl sites for hydroxylation is 2. The van der Waals surface area contributed by atoms with Crippen molar-refractivity contribution in [3.05, 3.63) is 124 Å². The third-order valence-electron chi connectivity index (χ3n) is 6.72. The summed E-state index contributed by atoms with van der Waals surface area (Å²) in [4.78, 5) is 32.0. The SMILES string of the molecule is Cc1nn2cccnc2c1C(=O)N[C@H](C)c1cc2cccc(C#Cc3ccn(C)n3)c2c(=O)n1-c1ccccc1. The molecule has 0 aliphatic carbocycles. The average Bonchev–Trinajstić information content (AvgIpc) is 3.53. The molecule has 4 aromatic heterocycles. The number of benzene rings is 2. The minimum atomic E-state index is -0.522. The van der Waals surface area contributed by atoms with Gasteiger partial charge in [-0.25, -0.2) is 9.50 Å². The highest BCUT2D eigenvalue weighted by Crippen LogP contribution is 2.24. The number of pyridine rings is 1. The van der Waals surface area contributed by atoms with Crippen molar-refractivity contribution in [2.45, 2.75) is 19.9 Å². The van der Waals surface area contributed by atoms with Crippen LogP contribution in [0, 0.1) is 18.8 Å². The Morgan fingerprint density at radius 1 is 0.975 bits per heavy atom. The van der Waals surface area contributed by atoms with E-state index in [9.17, 15) is 9.59 Å². The molecule has 196 valence electrons. The van der Waals surface area contributed by atoms with Gasteiger partial charge in [0.1, 0.15) is 11.3 Å². The smallest absolute Gasteiger partial charge is 0.264 e. The molecular weight excluding hydrogens is 502 g/mol. The fourth-order valence-corrected chi connectivity index (χ4v) is 4.87. The van der Waals surface area contributed by atoms with Crippen LogP contribution < -0.4 is 10.9 Å². The lowest BCUT2D eigenvalue weighted by atomic mass is 10.0. The lowest BCUT2D eigenvalue weighted by Crippen LogP contribution is -2.32. The monoisotopic (exact) mass is 527 g/mol. The maximum Gasteiger partial charge on any atom is 0.264 e. The van der Waals surface area contributed by atoms with Crippen molar-refractivity contribution >= 4 is 22.3 Å². The van der Waals surface area contributed by atoms with Crippen LogP contribution in [0.3, 0.4) is 0 Å². The first-order valence-electron chi connectivity index (χ1n) is 12.8. The molecule has 0 spiro atoms. The minimum Gasteiger partial charge on any atom is -0.344 e. The summed E-state index contributed by atoms with van der Waals surface area (Å²) in [5.41, 5.74) is 3.76. The molecule has 0 bridgehead atoms. The second kappa shape index (κ2) is 10.0. The van der Waals surface area contributed by atoms with Crippen molar-refractivity contribution in [2.75, 3.05) is 0 Å². The Hall–Kier alpha value is -5.49. The summed E-state index contributed by atoms with van der Waals surface area (Å²) in [5, 5.41) is 13.0. The van der Waals surface area contributed by atoms with Crippen LogP contribution in [0.25, 0.3) is 22.1 Å². The topological polar surface area (TPSA) is 99.1 Å². The van der Waals surface area contributed by atoms with E-state index in [2.05, 4.69) is 32.3 Å². The molecule has 6 aromatic rings. The number of amides is 1. The van der Waals surface area contributed by atoms with Crippen molar-refractivity contribution in [2.24, 2.45) is 7.05 Å². The van der Waals surface area contributed by atoms with Gasteiger partial charge in [0.15, 0.2) is 5.65 Å². The van der Waals surface area contributed by atoms with E-state index in [1.165, 1.54) is 0 Å². The maximum atomic E-state index is 14.2. The van der Waals surface area contributed by atoms with Gasteiger partial charge in [-0.15, -0.1) is 0 Å². The van der Waals surface area contributed by atoms with Gasteiger partial charge in [-0.3, -0.25) is 18.8 Å². The molecular formula is C31H25N7O2. The molecule has 0 saturated carbocycles. The molecule has 0 fully saturated rings. The van der Waals surface area contributed by atoms with E-state index in [0.29, 0.717) is 44.9 Å². The van der Waals surface area contributed by atoms with Crippen molar-refractivity contribution in [3.63, 3.8) is 0 Å². The second-order valence-corrected chi connectivity index (χ2v) is 9.48. The number of aromatic nitrogens is 6. The van der Waals surface area contributed by atoms with Gasteiger partial charge in [0.05, 0.1) is 17.1 Å². The fourth-order valence-electron chi connectivity index (χ4n) is 4.87. The lowest BCUT2D eigenvalue weighted by Gasteiger charge is -2.21. The van der Waals surface area contributed by atoms with E-state index in [0.717, 1.165) is 5.39 Å². The van der Waals surface area contributed by atoms with Crippen LogP contribution in [-0.2, 0) is 7.05 Å². The van der Waals surface area contributed by atoms with Gasteiger partial charge >= 0.3 is 0 Å². The third-order valence-corrected chi connectivity index (χ3v) is 6.72. The van der Waals surface area contributed by atoms with Gasteiger partial charge in [-0.2, -0.15) is 10.2 Å². The zero-order valence-electron chi connectivity index (χ0n) is 22.2. The second-order valence-electron chi connectivity index (χ2n) is 9.48. The van der Waals surface area contributed by atoms with Crippen LogP contribution in [0.15, 0.2) is 90.1 Å². The molecule has 0 aliphatic rings. The van der Waals surface area contributed by atoms with Crippen LogP contribution in [0.4, 0.5) is 0 Å². The molecule has 4 heterocycles. The zero-order valence-corrected chi connectivity index (χ0v) is 22.2. The van der Waals surface area contributed by atoms with Crippen LogP contribution in [0.2, 0.25) is 0 Å². The Labute approximate surface area is 229 Å². The lowest BCUT2D eigenvalue weighted by molar-refractivity contribution is 0.0939. The number of para-hydroxylation sites is 1. The molecule has 2 aromatic carbocycles. The normalized spacial score (nSPS) is 11.8. The molecule has 40 heavy (non-hydrogen) atoms. The van der Waals surface area contributed by atoms with Crippen molar-refractivity contribution in [3.8, 4) is 17.5 Å². The Bertz CT molecular complexity index is 2020. The van der Waals surface area contributed by atoms with E-state index in [4.69, 9.17) is 0 Å². The Kier molecular flexibility index (Phi) is 6.21. The van der Waals surface area contributed by atoms with Crippen LogP contribution >= 0.6 is 0 Å². The summed E-state index contributed by atoms with van der Waals surface area (Å²) in [5.74, 6) is 5.87. The summed E-state index contributed by atoms with van der Waals surface area (Å²) < 4.78 is 4.90. The highest BCUT2D eigenvalue weighted by molar-refractivity contribution is 6.01. The number of fused-ring (bicyclic) bond motifs is 2. The predicted molar refractivity (Wildman–Crippen MR) is 152 cm³/mol. The highest BCUT2D eigenvalue weighted by Gasteiger charge is 2.23. The largest absolute Gasteiger partial charge is 0.344 e. The predicted octanol–water partition coefficient (Wildman–Crippen LogP) is 3.97.